The molecule has 1 atom stereocenters. The highest BCUT2D eigenvalue weighted by atomic mass is 15.4. The van der Waals surface area contributed by atoms with Gasteiger partial charge < -0.3 is 9.80 Å². The highest BCUT2D eigenvalue weighted by Crippen LogP contribution is 2.24. The maximum absolute atomic E-state index is 2.71. The van der Waals surface area contributed by atoms with Gasteiger partial charge in [0, 0.05) is 25.5 Å². The van der Waals surface area contributed by atoms with Crippen molar-refractivity contribution in [3.8, 4) is 0 Å². The second-order valence-electron chi connectivity index (χ2n) is 13.6. The van der Waals surface area contributed by atoms with E-state index in [1.54, 1.807) is 0 Å². The monoisotopic (exact) mass is 575 g/mol. The van der Waals surface area contributed by atoms with E-state index in [-0.39, 0.29) is 0 Å². The summed E-state index contributed by atoms with van der Waals surface area (Å²) in [6, 6.07) is 0. The van der Waals surface area contributed by atoms with Gasteiger partial charge in [-0.05, 0) is 25.7 Å². The molecule has 1 heterocycles. The first-order chi connectivity index (χ1) is 20.3. The summed E-state index contributed by atoms with van der Waals surface area (Å²) in [4.78, 5) is 5.42. The Morgan fingerprint density at radius 1 is 0.317 bits per heavy atom. The molecule has 0 amide bonds. The molecule has 0 aliphatic carbocycles. The van der Waals surface area contributed by atoms with Gasteiger partial charge >= 0.3 is 0 Å². The number of unbranched alkanes of at least 4 members (excludes halogenated alkanes) is 27. The van der Waals surface area contributed by atoms with Crippen molar-refractivity contribution in [3.63, 3.8) is 0 Å². The molecule has 0 N–H and O–H groups in total. The molecule has 1 aliphatic heterocycles. The molecule has 0 saturated carbocycles. The molecule has 1 rings (SSSR count). The highest BCUT2D eigenvalue weighted by Gasteiger charge is 2.24. The zero-order chi connectivity index (χ0) is 29.5. The summed E-state index contributed by atoms with van der Waals surface area (Å²) in [5, 5.41) is 0. The third-order valence-corrected chi connectivity index (χ3v) is 9.57. The Morgan fingerprint density at radius 3 is 0.854 bits per heavy atom. The van der Waals surface area contributed by atoms with E-state index < -0.39 is 0 Å². The minimum Gasteiger partial charge on any atom is -0.356 e. The smallest absolute Gasteiger partial charge is 0.101 e. The lowest BCUT2D eigenvalue weighted by Gasteiger charge is -2.33. The number of nitrogens with zero attached hydrogens (tertiary/aromatic N) is 2. The predicted molar refractivity (Wildman–Crippen MR) is 186 cm³/mol. The van der Waals surface area contributed by atoms with Crippen LogP contribution < -0.4 is 0 Å². The van der Waals surface area contributed by atoms with E-state index in [9.17, 15) is 0 Å². The van der Waals surface area contributed by atoms with Gasteiger partial charge in [-0.2, -0.15) is 0 Å². The summed E-state index contributed by atoms with van der Waals surface area (Å²) in [7, 11) is 0. The molecule has 0 aromatic rings. The van der Waals surface area contributed by atoms with Crippen LogP contribution >= 0.6 is 0 Å². The Morgan fingerprint density at radius 2 is 0.561 bits per heavy atom. The Balaban J connectivity index is 2.19. The zero-order valence-corrected chi connectivity index (χ0v) is 29.0. The first-order valence-electron chi connectivity index (χ1n) is 19.5. The van der Waals surface area contributed by atoms with E-state index in [1.165, 1.54) is 212 Å². The van der Waals surface area contributed by atoms with Crippen LogP contribution in [0.25, 0.3) is 0 Å². The lowest BCUT2D eigenvalue weighted by Crippen LogP contribution is -2.39. The topological polar surface area (TPSA) is 6.48 Å². The van der Waals surface area contributed by atoms with Crippen molar-refractivity contribution < 1.29 is 0 Å². The van der Waals surface area contributed by atoms with Crippen molar-refractivity contribution in [2.75, 3.05) is 13.1 Å². The summed E-state index contributed by atoms with van der Waals surface area (Å²) in [6.45, 7) is 9.48. The lowest BCUT2D eigenvalue weighted by atomic mass is 10.0. The van der Waals surface area contributed by atoms with E-state index in [1.807, 2.05) is 0 Å². The average Bonchev–Trinajstić information content (AvgIpc) is 3.37. The Labute approximate surface area is 260 Å². The fourth-order valence-corrected chi connectivity index (χ4v) is 6.72. The van der Waals surface area contributed by atoms with Gasteiger partial charge in [0.05, 0.1) is 0 Å². The lowest BCUT2D eigenvalue weighted by molar-refractivity contribution is 0.135. The van der Waals surface area contributed by atoms with Gasteiger partial charge in [-0.3, -0.25) is 0 Å². The summed E-state index contributed by atoms with van der Waals surface area (Å²) in [6.07, 6.45) is 49.9. The Kier molecular flexibility index (Phi) is 28.8. The molecular formula is C39H78N2. The summed E-state index contributed by atoms with van der Waals surface area (Å²) < 4.78 is 0. The largest absolute Gasteiger partial charge is 0.356 e. The van der Waals surface area contributed by atoms with Gasteiger partial charge in [0.2, 0.25) is 0 Å². The molecule has 0 saturated heterocycles. The van der Waals surface area contributed by atoms with Gasteiger partial charge in [-0.1, -0.05) is 194 Å². The highest BCUT2D eigenvalue weighted by molar-refractivity contribution is 4.97. The zero-order valence-electron chi connectivity index (χ0n) is 29.0. The third kappa shape index (κ3) is 23.5. The first kappa shape index (κ1) is 38.4. The van der Waals surface area contributed by atoms with Crippen LogP contribution in [0.1, 0.15) is 220 Å². The van der Waals surface area contributed by atoms with Crippen molar-refractivity contribution in [2.24, 2.45) is 0 Å². The molecule has 0 spiro atoms. The number of hydrogen-bond donors (Lipinski definition) is 0. The van der Waals surface area contributed by atoms with Crippen molar-refractivity contribution in [2.45, 2.75) is 226 Å². The van der Waals surface area contributed by atoms with Gasteiger partial charge in [0.1, 0.15) is 6.17 Å². The van der Waals surface area contributed by atoms with Crippen molar-refractivity contribution in [1.82, 2.24) is 9.80 Å². The fourth-order valence-electron chi connectivity index (χ4n) is 6.72. The van der Waals surface area contributed by atoms with Crippen LogP contribution in [0.15, 0.2) is 12.4 Å². The average molecular weight is 575 g/mol. The van der Waals surface area contributed by atoms with E-state index in [4.69, 9.17) is 0 Å². The van der Waals surface area contributed by atoms with Crippen LogP contribution in [-0.2, 0) is 0 Å². The number of rotatable bonds is 33. The first-order valence-corrected chi connectivity index (χ1v) is 19.5. The molecule has 1 unspecified atom stereocenters. The molecule has 2 heteroatoms. The molecule has 41 heavy (non-hydrogen) atoms. The second-order valence-corrected chi connectivity index (χ2v) is 13.6. The third-order valence-electron chi connectivity index (χ3n) is 9.57. The van der Waals surface area contributed by atoms with Gasteiger partial charge in [0.25, 0.3) is 0 Å². The summed E-state index contributed by atoms with van der Waals surface area (Å²) in [5.41, 5.74) is 0. The van der Waals surface area contributed by atoms with Gasteiger partial charge in [0.15, 0.2) is 0 Å². The molecule has 0 fully saturated rings. The van der Waals surface area contributed by atoms with E-state index in [0.717, 1.165) is 0 Å². The van der Waals surface area contributed by atoms with E-state index in [0.29, 0.717) is 6.17 Å². The molecule has 0 aromatic carbocycles. The molecule has 0 radical (unpaired) electrons. The van der Waals surface area contributed by atoms with Crippen molar-refractivity contribution >= 4 is 0 Å². The maximum Gasteiger partial charge on any atom is 0.101 e. The summed E-state index contributed by atoms with van der Waals surface area (Å²) >= 11 is 0. The summed E-state index contributed by atoms with van der Waals surface area (Å²) in [5.74, 6) is 0. The van der Waals surface area contributed by atoms with Gasteiger partial charge in [-0.15, -0.1) is 0 Å². The van der Waals surface area contributed by atoms with Crippen LogP contribution in [0.3, 0.4) is 0 Å². The molecule has 244 valence electrons. The maximum atomic E-state index is 2.71. The van der Waals surface area contributed by atoms with Crippen molar-refractivity contribution in [3.05, 3.63) is 12.4 Å². The van der Waals surface area contributed by atoms with E-state index >= 15 is 0 Å². The second kappa shape index (κ2) is 30.8. The minimum absolute atomic E-state index is 0.640. The molecule has 0 bridgehead atoms. The minimum atomic E-state index is 0.640. The molecule has 1 aliphatic rings. The Bertz CT molecular complexity index is 530. The quantitative estimate of drug-likeness (QED) is 0.0719. The Hall–Kier alpha value is -0.660. The molecular weight excluding hydrogens is 496 g/mol. The predicted octanol–water partition coefficient (Wildman–Crippen LogP) is 13.6. The van der Waals surface area contributed by atoms with Crippen LogP contribution in [0, 0.1) is 0 Å². The SMILES string of the molecule is CCCCCCCCCCCCCCCC1N(CCCCCCCC)C=CN1CCCCCCCCCCCCC. The van der Waals surface area contributed by atoms with E-state index in [2.05, 4.69) is 43.0 Å². The fraction of sp³-hybridized carbons (Fsp3) is 0.949. The standard InChI is InChI=1S/C39H78N2/c1-4-7-10-13-16-18-20-21-22-24-26-28-31-34-39-40(35-32-29-15-12-9-6-3)37-38-41(39)36-33-30-27-25-23-19-17-14-11-8-5-2/h37-39H,4-36H2,1-3H3. The normalized spacial score (nSPS) is 15.0. The van der Waals surface area contributed by atoms with Crippen LogP contribution in [-0.4, -0.2) is 29.1 Å². The number of hydrogen-bond acceptors (Lipinski definition) is 2. The van der Waals surface area contributed by atoms with Crippen LogP contribution in [0.5, 0.6) is 0 Å². The van der Waals surface area contributed by atoms with Crippen molar-refractivity contribution in [1.29, 1.82) is 0 Å². The van der Waals surface area contributed by atoms with Crippen LogP contribution in [0.4, 0.5) is 0 Å². The van der Waals surface area contributed by atoms with Gasteiger partial charge in [-0.25, -0.2) is 0 Å². The van der Waals surface area contributed by atoms with Crippen LogP contribution in [0.2, 0.25) is 0 Å². The molecule has 0 aromatic heterocycles. The molecule has 2 nitrogen and oxygen atoms in total.